The van der Waals surface area contributed by atoms with Gasteiger partial charge in [0.2, 0.25) is 0 Å². The van der Waals surface area contributed by atoms with E-state index in [9.17, 15) is 9.90 Å². The number of aliphatic carboxylic acids is 1. The van der Waals surface area contributed by atoms with Gasteiger partial charge in [0.15, 0.2) is 0 Å². The molecule has 1 atom stereocenters. The number of carboxylic acid groups (broad SMARTS) is 1. The molecule has 15 heavy (non-hydrogen) atoms. The van der Waals surface area contributed by atoms with Gasteiger partial charge in [0.05, 0.1) is 0 Å². The zero-order valence-corrected chi connectivity index (χ0v) is 9.97. The van der Waals surface area contributed by atoms with Gasteiger partial charge in [-0.25, -0.2) is 14.3 Å². The van der Waals surface area contributed by atoms with Gasteiger partial charge in [0.1, 0.15) is 12.3 Å². The molecule has 0 fully saturated rings. The van der Waals surface area contributed by atoms with Crippen molar-refractivity contribution in [1.82, 2.24) is 4.90 Å². The van der Waals surface area contributed by atoms with Crippen molar-refractivity contribution in [3.63, 3.8) is 0 Å². The highest BCUT2D eigenvalue weighted by Gasteiger charge is 2.40. The van der Waals surface area contributed by atoms with Gasteiger partial charge in [-0.1, -0.05) is 0 Å². The smallest absolute Gasteiger partial charge is 0.390 e. The van der Waals surface area contributed by atoms with Crippen molar-refractivity contribution in [1.29, 1.82) is 0 Å². The Labute approximate surface area is 91.2 Å². The summed E-state index contributed by atoms with van der Waals surface area (Å²) in [4.78, 5) is 13.3. The van der Waals surface area contributed by atoms with Crippen molar-refractivity contribution in [3.05, 3.63) is 0 Å². The van der Waals surface area contributed by atoms with Crippen LogP contribution in [0.4, 0.5) is 0 Å². The lowest BCUT2D eigenvalue weighted by atomic mass is 10.2. The molecule has 0 amide bonds. The fourth-order valence-electron chi connectivity index (χ4n) is 2.05. The molecule has 1 aliphatic rings. The molecular weight excluding hydrogens is 192 g/mol. The van der Waals surface area contributed by atoms with E-state index in [1.165, 1.54) is 0 Å². The van der Waals surface area contributed by atoms with Gasteiger partial charge in [-0.2, -0.15) is 0 Å². The molecule has 0 aromatic carbocycles. The molecule has 86 valence electrons. The number of carboxylic acids is 1. The molecule has 1 aliphatic heterocycles. The van der Waals surface area contributed by atoms with E-state index in [-0.39, 0.29) is 12.1 Å². The Morgan fingerprint density at radius 3 is 2.47 bits per heavy atom. The Morgan fingerprint density at radius 2 is 2.07 bits per heavy atom. The summed E-state index contributed by atoms with van der Waals surface area (Å²) in [7, 11) is 0. The Morgan fingerprint density at radius 1 is 1.47 bits per heavy atom. The molecule has 1 rings (SSSR count). The summed E-state index contributed by atoms with van der Waals surface area (Å²) in [5, 5.41) is 9.27. The maximum Gasteiger partial charge on any atom is 0.390 e. The second-order valence-electron chi connectivity index (χ2n) is 4.56. The first-order valence-electron chi connectivity index (χ1n) is 5.54. The predicted molar refractivity (Wildman–Crippen MR) is 59.3 cm³/mol. The van der Waals surface area contributed by atoms with Crippen molar-refractivity contribution < 1.29 is 14.5 Å². The molecule has 0 aromatic rings. The van der Waals surface area contributed by atoms with Crippen LogP contribution in [0.2, 0.25) is 0 Å². The first-order chi connectivity index (χ1) is 6.95. The lowest BCUT2D eigenvalue weighted by molar-refractivity contribution is -0.608. The molecule has 0 bridgehead atoms. The van der Waals surface area contributed by atoms with Crippen LogP contribution in [0.3, 0.4) is 0 Å². The molecule has 0 aromatic heterocycles. The van der Waals surface area contributed by atoms with Crippen molar-refractivity contribution in [3.8, 4) is 0 Å². The van der Waals surface area contributed by atoms with Crippen LogP contribution in [-0.4, -0.2) is 51.6 Å². The average Bonchev–Trinajstić information content (AvgIpc) is 2.16. The van der Waals surface area contributed by atoms with Crippen LogP contribution in [-0.2, 0) is 4.79 Å². The fraction of sp³-hybridized carbons (Fsp3) is 0.818. The minimum absolute atomic E-state index is 0.229. The van der Waals surface area contributed by atoms with Crippen molar-refractivity contribution in [2.24, 2.45) is 0 Å². The zero-order valence-electron chi connectivity index (χ0n) is 9.97. The SMILES string of the molecule is CC(C)N1CCC=[N+](C(C)C)C1C(=O)O. The highest BCUT2D eigenvalue weighted by Crippen LogP contribution is 2.14. The van der Waals surface area contributed by atoms with Crippen molar-refractivity contribution >= 4 is 12.2 Å². The highest BCUT2D eigenvalue weighted by molar-refractivity contribution is 5.73. The van der Waals surface area contributed by atoms with E-state index in [2.05, 4.69) is 0 Å². The molecule has 0 saturated carbocycles. The topological polar surface area (TPSA) is 43.5 Å². The molecule has 1 N–H and O–H groups in total. The summed E-state index contributed by atoms with van der Waals surface area (Å²) in [6.45, 7) is 8.96. The molecule has 4 heteroatoms. The molecule has 0 radical (unpaired) electrons. The molecular formula is C11H21N2O2+. The van der Waals surface area contributed by atoms with E-state index >= 15 is 0 Å². The second kappa shape index (κ2) is 4.75. The molecule has 1 heterocycles. The van der Waals surface area contributed by atoms with Crippen LogP contribution < -0.4 is 0 Å². The monoisotopic (exact) mass is 213 g/mol. The summed E-state index contributed by atoms with van der Waals surface area (Å²) in [6.07, 6.45) is 2.45. The summed E-state index contributed by atoms with van der Waals surface area (Å²) in [5.74, 6) is -0.756. The van der Waals surface area contributed by atoms with Gasteiger partial charge in [-0.05, 0) is 27.7 Å². The highest BCUT2D eigenvalue weighted by atomic mass is 16.4. The van der Waals surface area contributed by atoms with Crippen LogP contribution in [0.15, 0.2) is 0 Å². The van der Waals surface area contributed by atoms with Gasteiger partial charge in [0, 0.05) is 19.0 Å². The Balaban J connectivity index is 2.97. The lowest BCUT2D eigenvalue weighted by Gasteiger charge is -2.33. The first-order valence-corrected chi connectivity index (χ1v) is 5.54. The zero-order chi connectivity index (χ0) is 11.6. The van der Waals surface area contributed by atoms with Crippen molar-refractivity contribution in [2.75, 3.05) is 6.54 Å². The van der Waals surface area contributed by atoms with Gasteiger partial charge in [-0.15, -0.1) is 0 Å². The molecule has 4 nitrogen and oxygen atoms in total. The van der Waals surface area contributed by atoms with E-state index in [0.717, 1.165) is 13.0 Å². The first kappa shape index (κ1) is 12.2. The fourth-order valence-corrected chi connectivity index (χ4v) is 2.05. The van der Waals surface area contributed by atoms with Gasteiger partial charge < -0.3 is 5.11 Å². The maximum atomic E-state index is 11.3. The quantitative estimate of drug-likeness (QED) is 0.711. The number of hydrogen-bond donors (Lipinski definition) is 1. The summed E-state index contributed by atoms with van der Waals surface area (Å²) in [6, 6.07) is 0.494. The van der Waals surface area contributed by atoms with Crippen LogP contribution in [0, 0.1) is 0 Å². The minimum atomic E-state index is -0.756. The molecule has 0 spiro atoms. The largest absolute Gasteiger partial charge is 0.475 e. The number of carbonyl (C=O) groups is 1. The van der Waals surface area contributed by atoms with E-state index < -0.39 is 12.1 Å². The Bertz CT molecular complexity index is 272. The lowest BCUT2D eigenvalue weighted by Crippen LogP contribution is -2.56. The van der Waals surface area contributed by atoms with Crippen LogP contribution >= 0.6 is 0 Å². The number of nitrogens with zero attached hydrogens (tertiary/aromatic N) is 2. The third-order valence-electron chi connectivity index (χ3n) is 2.80. The van der Waals surface area contributed by atoms with Crippen molar-refractivity contribution in [2.45, 2.75) is 52.4 Å². The summed E-state index contributed by atoms with van der Waals surface area (Å²) in [5.41, 5.74) is 0. The average molecular weight is 213 g/mol. The third kappa shape index (κ3) is 2.56. The van der Waals surface area contributed by atoms with Crippen LogP contribution in [0.1, 0.15) is 34.1 Å². The second-order valence-corrected chi connectivity index (χ2v) is 4.56. The summed E-state index contributed by atoms with van der Waals surface area (Å²) < 4.78 is 1.94. The van der Waals surface area contributed by atoms with E-state index in [4.69, 9.17) is 0 Å². The standard InChI is InChI=1S/C11H20N2O2/c1-8(2)12-6-5-7-13(9(3)4)10(12)11(14)15/h6,8-10H,5,7H2,1-4H3/p+1. The maximum absolute atomic E-state index is 11.3. The molecule has 0 saturated heterocycles. The Kier molecular flexibility index (Phi) is 3.85. The van der Waals surface area contributed by atoms with Crippen LogP contribution in [0.25, 0.3) is 0 Å². The van der Waals surface area contributed by atoms with E-state index in [1.54, 1.807) is 0 Å². The molecule has 0 aliphatic carbocycles. The Hall–Kier alpha value is -0.900. The minimum Gasteiger partial charge on any atom is -0.475 e. The normalized spacial score (nSPS) is 23.3. The molecule has 1 unspecified atom stereocenters. The van der Waals surface area contributed by atoms with Crippen LogP contribution in [0.5, 0.6) is 0 Å². The van der Waals surface area contributed by atoms with E-state index in [1.807, 2.05) is 43.4 Å². The van der Waals surface area contributed by atoms with Gasteiger partial charge in [0.25, 0.3) is 0 Å². The third-order valence-corrected chi connectivity index (χ3v) is 2.80. The van der Waals surface area contributed by atoms with Gasteiger partial charge >= 0.3 is 12.1 Å². The predicted octanol–water partition coefficient (Wildman–Crippen LogP) is 1.00. The van der Waals surface area contributed by atoms with Gasteiger partial charge in [-0.3, -0.25) is 0 Å². The van der Waals surface area contributed by atoms with E-state index in [0.29, 0.717) is 0 Å². The summed E-state index contributed by atoms with van der Waals surface area (Å²) >= 11 is 0. The number of rotatable bonds is 3. The number of hydrogen-bond acceptors (Lipinski definition) is 2.